The van der Waals surface area contributed by atoms with Gasteiger partial charge in [0.15, 0.2) is 0 Å². The van der Waals surface area contributed by atoms with Crippen molar-refractivity contribution in [3.05, 3.63) is 35.3 Å². The van der Waals surface area contributed by atoms with Crippen LogP contribution in [0.3, 0.4) is 0 Å². The van der Waals surface area contributed by atoms with Crippen molar-refractivity contribution in [2.75, 3.05) is 6.61 Å². The van der Waals surface area contributed by atoms with Gasteiger partial charge in [-0.15, -0.1) is 0 Å². The van der Waals surface area contributed by atoms with Crippen LogP contribution in [0.15, 0.2) is 18.3 Å². The molecule has 2 heterocycles. The van der Waals surface area contributed by atoms with Crippen LogP contribution in [0.4, 0.5) is 0 Å². The van der Waals surface area contributed by atoms with Crippen LogP contribution in [-0.2, 0) is 4.74 Å². The molecule has 0 bridgehead atoms. The molecule has 1 aliphatic rings. The molecule has 0 unspecified atom stereocenters. The number of aryl methyl sites for hydroxylation is 2. The van der Waals surface area contributed by atoms with Gasteiger partial charge in [0.2, 0.25) is 0 Å². The zero-order valence-electron chi connectivity index (χ0n) is 18.0. The molecule has 0 aliphatic heterocycles. The summed E-state index contributed by atoms with van der Waals surface area (Å²) >= 11 is 0. The predicted molar refractivity (Wildman–Crippen MR) is 113 cm³/mol. The van der Waals surface area contributed by atoms with Gasteiger partial charge in [-0.3, -0.25) is 4.79 Å². The standard InChI is InChI=1S/C23H35N3O2/c1-6-8-11-28-19-12-15(3)21(18(7-2)14-19)25-23(27)20-9-10-26-17(5)13-16(4)24-22(20)26/h9-10,13,15,18-19,21H,6-8,11-12,14H2,1-5H3,(H,25,27)/t15-,18+,19+,21+/m0/s1. The molecule has 1 N–H and O–H groups in total. The minimum absolute atomic E-state index is 0.0133. The molecule has 0 aromatic carbocycles. The molecule has 154 valence electrons. The molecular formula is C23H35N3O2. The molecule has 4 atom stereocenters. The highest BCUT2D eigenvalue weighted by Gasteiger charge is 2.36. The number of rotatable bonds is 7. The van der Waals surface area contributed by atoms with E-state index in [-0.39, 0.29) is 11.9 Å². The molecule has 0 saturated heterocycles. The number of unbranched alkanes of at least 4 members (excludes halogenated alkanes) is 1. The number of nitrogens with one attached hydrogen (secondary N) is 1. The smallest absolute Gasteiger partial charge is 0.255 e. The molecule has 0 radical (unpaired) electrons. The third-order valence-corrected chi connectivity index (χ3v) is 6.18. The maximum Gasteiger partial charge on any atom is 0.255 e. The van der Waals surface area contributed by atoms with Crippen LogP contribution in [0.5, 0.6) is 0 Å². The second-order valence-corrected chi connectivity index (χ2v) is 8.42. The number of nitrogens with zero attached hydrogens (tertiary/aromatic N) is 2. The van der Waals surface area contributed by atoms with Crippen molar-refractivity contribution in [1.82, 2.24) is 14.7 Å². The van der Waals surface area contributed by atoms with Crippen molar-refractivity contribution >= 4 is 11.6 Å². The Labute approximate surface area is 168 Å². The number of fused-ring (bicyclic) bond motifs is 1. The lowest BCUT2D eigenvalue weighted by Gasteiger charge is -2.40. The quantitative estimate of drug-likeness (QED) is 0.704. The molecule has 0 spiro atoms. The molecule has 1 fully saturated rings. The van der Waals surface area contributed by atoms with E-state index in [1.165, 1.54) is 0 Å². The Hall–Kier alpha value is -1.88. The molecule has 1 saturated carbocycles. The van der Waals surface area contributed by atoms with Gasteiger partial charge < -0.3 is 14.5 Å². The molecular weight excluding hydrogens is 350 g/mol. The third-order valence-electron chi connectivity index (χ3n) is 6.18. The zero-order valence-corrected chi connectivity index (χ0v) is 18.0. The summed E-state index contributed by atoms with van der Waals surface area (Å²) < 4.78 is 8.10. The average Bonchev–Trinajstić information content (AvgIpc) is 3.08. The number of aromatic nitrogens is 2. The first kappa shape index (κ1) is 20.8. The summed E-state index contributed by atoms with van der Waals surface area (Å²) in [5.74, 6) is 0.838. The Morgan fingerprint density at radius 3 is 2.82 bits per heavy atom. The summed E-state index contributed by atoms with van der Waals surface area (Å²) in [5, 5.41) is 3.34. The summed E-state index contributed by atoms with van der Waals surface area (Å²) in [5.41, 5.74) is 3.43. The average molecular weight is 386 g/mol. The van der Waals surface area contributed by atoms with Crippen molar-refractivity contribution in [3.8, 4) is 0 Å². The third kappa shape index (κ3) is 4.40. The van der Waals surface area contributed by atoms with E-state index in [0.29, 0.717) is 23.5 Å². The van der Waals surface area contributed by atoms with Crippen molar-refractivity contribution in [1.29, 1.82) is 0 Å². The molecule has 5 nitrogen and oxygen atoms in total. The van der Waals surface area contributed by atoms with Gasteiger partial charge in [-0.05, 0) is 57.1 Å². The van der Waals surface area contributed by atoms with Crippen molar-refractivity contribution in [3.63, 3.8) is 0 Å². The number of ether oxygens (including phenoxy) is 1. The number of hydrogen-bond acceptors (Lipinski definition) is 3. The molecule has 1 aliphatic carbocycles. The largest absolute Gasteiger partial charge is 0.378 e. The fourth-order valence-corrected chi connectivity index (χ4v) is 4.62. The van der Waals surface area contributed by atoms with E-state index in [1.807, 2.05) is 36.6 Å². The first-order valence-electron chi connectivity index (χ1n) is 10.8. The van der Waals surface area contributed by atoms with Gasteiger partial charge in [-0.2, -0.15) is 0 Å². The lowest BCUT2D eigenvalue weighted by atomic mass is 9.75. The fraction of sp³-hybridized carbons (Fsp3) is 0.652. The van der Waals surface area contributed by atoms with Gasteiger partial charge >= 0.3 is 0 Å². The van der Waals surface area contributed by atoms with Gasteiger partial charge in [0.25, 0.3) is 5.91 Å². The Morgan fingerprint density at radius 1 is 1.32 bits per heavy atom. The molecule has 28 heavy (non-hydrogen) atoms. The normalized spacial score (nSPS) is 25.2. The van der Waals surface area contributed by atoms with Gasteiger partial charge in [0.05, 0.1) is 11.7 Å². The summed E-state index contributed by atoms with van der Waals surface area (Å²) in [4.78, 5) is 17.7. The van der Waals surface area contributed by atoms with E-state index in [1.54, 1.807) is 0 Å². The monoisotopic (exact) mass is 385 g/mol. The highest BCUT2D eigenvalue weighted by molar-refractivity contribution is 6.00. The molecule has 2 aromatic rings. The van der Waals surface area contributed by atoms with Crippen LogP contribution in [-0.4, -0.2) is 34.0 Å². The second-order valence-electron chi connectivity index (χ2n) is 8.42. The Morgan fingerprint density at radius 2 is 2.11 bits per heavy atom. The first-order chi connectivity index (χ1) is 13.4. The predicted octanol–water partition coefficient (Wildman–Crippen LogP) is 4.69. The maximum atomic E-state index is 13.1. The SMILES string of the molecule is CCCCO[C@H]1C[C@@H](CC)[C@H](NC(=O)c2ccn3c(C)cc(C)nc23)[C@@H](C)C1. The second kappa shape index (κ2) is 9.08. The number of carbonyl (C=O) groups excluding carboxylic acids is 1. The van der Waals surface area contributed by atoms with Crippen molar-refractivity contribution < 1.29 is 9.53 Å². The molecule has 3 rings (SSSR count). The van der Waals surface area contributed by atoms with Gasteiger partial charge in [0, 0.05) is 30.2 Å². The minimum Gasteiger partial charge on any atom is -0.378 e. The highest BCUT2D eigenvalue weighted by atomic mass is 16.5. The van der Waals surface area contributed by atoms with E-state index in [2.05, 4.69) is 31.1 Å². The van der Waals surface area contributed by atoms with Crippen molar-refractivity contribution in [2.24, 2.45) is 11.8 Å². The van der Waals surface area contributed by atoms with Gasteiger partial charge in [-0.25, -0.2) is 4.98 Å². The minimum atomic E-state index is -0.0133. The number of hydrogen-bond donors (Lipinski definition) is 1. The van der Waals surface area contributed by atoms with E-state index >= 15 is 0 Å². The van der Waals surface area contributed by atoms with Crippen LogP contribution in [0, 0.1) is 25.7 Å². The van der Waals surface area contributed by atoms with Crippen LogP contribution < -0.4 is 5.32 Å². The number of carbonyl (C=O) groups is 1. The summed E-state index contributed by atoms with van der Waals surface area (Å²) in [7, 11) is 0. The topological polar surface area (TPSA) is 55.6 Å². The maximum absolute atomic E-state index is 13.1. The van der Waals surface area contributed by atoms with Crippen molar-refractivity contribution in [2.45, 2.75) is 78.9 Å². The lowest BCUT2D eigenvalue weighted by Crippen LogP contribution is -2.49. The highest BCUT2D eigenvalue weighted by Crippen LogP contribution is 2.33. The Bertz CT molecular complexity index is 814. The van der Waals surface area contributed by atoms with Crippen LogP contribution >= 0.6 is 0 Å². The Balaban J connectivity index is 1.73. The van der Waals surface area contributed by atoms with E-state index in [9.17, 15) is 4.79 Å². The van der Waals surface area contributed by atoms with E-state index in [4.69, 9.17) is 4.74 Å². The fourth-order valence-electron chi connectivity index (χ4n) is 4.62. The first-order valence-corrected chi connectivity index (χ1v) is 10.8. The summed E-state index contributed by atoms with van der Waals surface area (Å²) in [6.45, 7) is 11.5. The summed E-state index contributed by atoms with van der Waals surface area (Å²) in [6, 6.07) is 4.10. The number of amides is 1. The van der Waals surface area contributed by atoms with Gasteiger partial charge in [-0.1, -0.05) is 33.6 Å². The Kier molecular flexibility index (Phi) is 6.76. The molecule has 2 aromatic heterocycles. The van der Waals surface area contributed by atoms with Crippen LogP contribution in [0.25, 0.3) is 5.65 Å². The van der Waals surface area contributed by atoms with Gasteiger partial charge in [0.1, 0.15) is 5.65 Å². The van der Waals surface area contributed by atoms with Crippen LogP contribution in [0.2, 0.25) is 0 Å². The molecule has 1 amide bonds. The zero-order chi connectivity index (χ0) is 20.3. The lowest BCUT2D eigenvalue weighted by molar-refractivity contribution is -0.0155. The van der Waals surface area contributed by atoms with E-state index < -0.39 is 0 Å². The van der Waals surface area contributed by atoms with Crippen LogP contribution in [0.1, 0.15) is 74.6 Å². The summed E-state index contributed by atoms with van der Waals surface area (Å²) in [6.07, 6.45) is 7.63. The molecule has 5 heteroatoms. The van der Waals surface area contributed by atoms with E-state index in [0.717, 1.165) is 55.7 Å².